The molecule has 4 rings (SSSR count). The van der Waals surface area contributed by atoms with Crippen LogP contribution in [0.5, 0.6) is 0 Å². The van der Waals surface area contributed by atoms with E-state index >= 15 is 0 Å². The third kappa shape index (κ3) is 3.99. The number of aryl methyl sites for hydroxylation is 2. The van der Waals surface area contributed by atoms with Crippen LogP contribution in [0.25, 0.3) is 11.2 Å². The molecule has 0 radical (unpaired) electrons. The maximum absolute atomic E-state index is 12.8. The maximum atomic E-state index is 12.8. The number of anilines is 1. The van der Waals surface area contributed by atoms with E-state index < -0.39 is 0 Å². The van der Waals surface area contributed by atoms with Gasteiger partial charge in [0.1, 0.15) is 5.52 Å². The summed E-state index contributed by atoms with van der Waals surface area (Å²) in [5, 5.41) is 3.04. The molecule has 1 aromatic carbocycles. The molecule has 0 aliphatic carbocycles. The van der Waals surface area contributed by atoms with Crippen molar-refractivity contribution in [3.05, 3.63) is 64.1 Å². The Bertz CT molecular complexity index is 1090. The molecule has 1 unspecified atom stereocenters. The number of carbonyl (C=O) groups excluding carboxylic acids is 1. The largest absolute Gasteiger partial charge is 0.352 e. The third-order valence-electron chi connectivity index (χ3n) is 5.49. The number of fused-ring (bicyclic) bond motifs is 1. The van der Waals surface area contributed by atoms with E-state index in [-0.39, 0.29) is 17.4 Å². The molecule has 0 bridgehead atoms. The molecular formula is C22H25N5O2. The average molecular weight is 391 g/mol. The number of hydrogen-bond donors (Lipinski definition) is 1. The number of nitrogens with one attached hydrogen (secondary N) is 1. The number of piperidine rings is 1. The average Bonchev–Trinajstić information content (AvgIpc) is 2.75. The lowest BCUT2D eigenvalue weighted by Crippen LogP contribution is -2.45. The first kappa shape index (κ1) is 19.1. The van der Waals surface area contributed by atoms with Gasteiger partial charge in [-0.25, -0.2) is 9.97 Å². The van der Waals surface area contributed by atoms with E-state index in [0.29, 0.717) is 30.1 Å². The summed E-state index contributed by atoms with van der Waals surface area (Å²) in [6.07, 6.45) is 3.31. The predicted molar refractivity (Wildman–Crippen MR) is 113 cm³/mol. The molecule has 7 heteroatoms. The van der Waals surface area contributed by atoms with Crippen molar-refractivity contribution >= 4 is 22.9 Å². The van der Waals surface area contributed by atoms with Gasteiger partial charge < -0.3 is 10.2 Å². The summed E-state index contributed by atoms with van der Waals surface area (Å²) in [4.78, 5) is 36.3. The lowest BCUT2D eigenvalue weighted by atomic mass is 9.97. The van der Waals surface area contributed by atoms with Crippen molar-refractivity contribution < 1.29 is 4.79 Å². The molecule has 1 aliphatic heterocycles. The minimum atomic E-state index is -0.183. The van der Waals surface area contributed by atoms with E-state index in [9.17, 15) is 9.59 Å². The van der Waals surface area contributed by atoms with Crippen molar-refractivity contribution in [3.8, 4) is 0 Å². The van der Waals surface area contributed by atoms with Gasteiger partial charge in [0, 0.05) is 32.9 Å². The van der Waals surface area contributed by atoms with Crippen LogP contribution in [0.15, 0.2) is 47.4 Å². The van der Waals surface area contributed by atoms with Gasteiger partial charge in [-0.2, -0.15) is 0 Å². The first-order valence-electron chi connectivity index (χ1n) is 9.93. The number of hydrogen-bond acceptors (Lipinski definition) is 5. The molecule has 1 fully saturated rings. The van der Waals surface area contributed by atoms with Crippen LogP contribution in [-0.2, 0) is 18.4 Å². The van der Waals surface area contributed by atoms with Crippen molar-refractivity contribution in [1.29, 1.82) is 0 Å². The van der Waals surface area contributed by atoms with Crippen LogP contribution in [0.2, 0.25) is 0 Å². The van der Waals surface area contributed by atoms with Crippen molar-refractivity contribution in [3.63, 3.8) is 0 Å². The summed E-state index contributed by atoms with van der Waals surface area (Å²) in [6, 6.07) is 11.8. The molecule has 150 valence electrons. The minimum Gasteiger partial charge on any atom is -0.352 e. The van der Waals surface area contributed by atoms with Gasteiger partial charge in [0.25, 0.3) is 5.56 Å². The summed E-state index contributed by atoms with van der Waals surface area (Å²) in [6.45, 7) is 3.76. The van der Waals surface area contributed by atoms with Gasteiger partial charge in [0.05, 0.1) is 5.92 Å². The van der Waals surface area contributed by atoms with E-state index in [0.717, 1.165) is 24.9 Å². The Morgan fingerprint density at radius 3 is 2.83 bits per heavy atom. The van der Waals surface area contributed by atoms with Crippen LogP contribution in [0.3, 0.4) is 0 Å². The second-order valence-corrected chi connectivity index (χ2v) is 7.63. The number of benzene rings is 1. The molecule has 1 amide bonds. The van der Waals surface area contributed by atoms with E-state index in [4.69, 9.17) is 0 Å². The quantitative estimate of drug-likeness (QED) is 0.737. The number of rotatable bonds is 4. The van der Waals surface area contributed by atoms with E-state index in [1.165, 1.54) is 10.1 Å². The second kappa shape index (κ2) is 8.03. The number of carbonyl (C=O) groups is 1. The Kier molecular flexibility index (Phi) is 5.29. The third-order valence-corrected chi connectivity index (χ3v) is 5.49. The van der Waals surface area contributed by atoms with Crippen molar-refractivity contribution in [2.45, 2.75) is 26.3 Å². The number of pyridine rings is 1. The Labute approximate surface area is 169 Å². The first-order valence-corrected chi connectivity index (χ1v) is 9.93. The molecule has 29 heavy (non-hydrogen) atoms. The second-order valence-electron chi connectivity index (χ2n) is 7.63. The van der Waals surface area contributed by atoms with Crippen LogP contribution in [0, 0.1) is 12.8 Å². The summed E-state index contributed by atoms with van der Waals surface area (Å²) in [7, 11) is 1.71. The number of nitrogens with zero attached hydrogens (tertiary/aromatic N) is 4. The summed E-state index contributed by atoms with van der Waals surface area (Å²) in [5.41, 5.74) is 3.33. The Balaban J connectivity index is 1.49. The molecule has 2 aromatic heterocycles. The van der Waals surface area contributed by atoms with Gasteiger partial charge in [-0.1, -0.05) is 29.8 Å². The van der Waals surface area contributed by atoms with Gasteiger partial charge in [0.2, 0.25) is 5.91 Å². The van der Waals surface area contributed by atoms with Crippen LogP contribution in [0.1, 0.15) is 24.0 Å². The normalized spacial score (nSPS) is 16.8. The highest BCUT2D eigenvalue weighted by Crippen LogP contribution is 2.21. The van der Waals surface area contributed by atoms with E-state index in [1.54, 1.807) is 19.3 Å². The summed E-state index contributed by atoms with van der Waals surface area (Å²) < 4.78 is 1.53. The SMILES string of the molecule is Cc1ccc(CNC(=O)C2CCCN(c3nc4cccnc4n(C)c3=O)C2)cc1. The van der Waals surface area contributed by atoms with E-state index in [2.05, 4.69) is 15.3 Å². The van der Waals surface area contributed by atoms with Gasteiger partial charge >= 0.3 is 0 Å². The van der Waals surface area contributed by atoms with Gasteiger partial charge in [-0.05, 0) is 37.5 Å². The van der Waals surface area contributed by atoms with Crippen LogP contribution >= 0.6 is 0 Å². The monoisotopic (exact) mass is 391 g/mol. The fraction of sp³-hybridized carbons (Fsp3) is 0.364. The molecule has 0 saturated carbocycles. The Morgan fingerprint density at radius 2 is 2.03 bits per heavy atom. The molecule has 3 aromatic rings. The van der Waals surface area contributed by atoms with Gasteiger partial charge in [0.15, 0.2) is 11.5 Å². The molecule has 1 atom stereocenters. The molecule has 7 nitrogen and oxygen atoms in total. The number of aromatic nitrogens is 3. The zero-order chi connectivity index (χ0) is 20.4. The van der Waals surface area contributed by atoms with Crippen molar-refractivity contribution in [2.75, 3.05) is 18.0 Å². The topological polar surface area (TPSA) is 80.1 Å². The standard InChI is InChI=1S/C22H25N5O2/c1-15-7-9-16(10-8-15)13-24-21(28)17-5-4-12-27(14-17)20-22(29)26(2)19-18(25-20)6-3-11-23-19/h3,6-11,17H,4-5,12-14H2,1-2H3,(H,24,28). The summed E-state index contributed by atoms with van der Waals surface area (Å²) >= 11 is 0. The molecule has 1 aliphatic rings. The molecular weight excluding hydrogens is 366 g/mol. The number of amides is 1. The van der Waals surface area contributed by atoms with Gasteiger partial charge in [-0.15, -0.1) is 0 Å². The van der Waals surface area contributed by atoms with Crippen molar-refractivity contribution in [1.82, 2.24) is 19.9 Å². The lowest BCUT2D eigenvalue weighted by Gasteiger charge is -2.32. The van der Waals surface area contributed by atoms with Crippen LogP contribution in [-0.4, -0.2) is 33.5 Å². The molecule has 3 heterocycles. The molecule has 1 saturated heterocycles. The summed E-state index contributed by atoms with van der Waals surface area (Å²) in [5.74, 6) is 0.254. The molecule has 1 N–H and O–H groups in total. The Hall–Kier alpha value is -3.22. The van der Waals surface area contributed by atoms with Crippen LogP contribution < -0.4 is 15.8 Å². The predicted octanol–water partition coefficient (Wildman–Crippen LogP) is 2.17. The molecule has 0 spiro atoms. The highest BCUT2D eigenvalue weighted by Gasteiger charge is 2.28. The fourth-order valence-corrected chi connectivity index (χ4v) is 3.77. The highest BCUT2D eigenvalue weighted by atomic mass is 16.2. The Morgan fingerprint density at radius 1 is 1.24 bits per heavy atom. The van der Waals surface area contributed by atoms with Crippen molar-refractivity contribution in [2.24, 2.45) is 13.0 Å². The lowest BCUT2D eigenvalue weighted by molar-refractivity contribution is -0.125. The highest BCUT2D eigenvalue weighted by molar-refractivity contribution is 5.79. The maximum Gasteiger partial charge on any atom is 0.294 e. The first-order chi connectivity index (χ1) is 14.0. The zero-order valence-corrected chi connectivity index (χ0v) is 16.8. The van der Waals surface area contributed by atoms with Gasteiger partial charge in [-0.3, -0.25) is 14.2 Å². The zero-order valence-electron chi connectivity index (χ0n) is 16.8. The van der Waals surface area contributed by atoms with Crippen LogP contribution in [0.4, 0.5) is 5.82 Å². The van der Waals surface area contributed by atoms with E-state index in [1.807, 2.05) is 42.2 Å². The minimum absolute atomic E-state index is 0.0227. The smallest absolute Gasteiger partial charge is 0.294 e. The fourth-order valence-electron chi connectivity index (χ4n) is 3.77.